The number of furan rings is 6. The van der Waals surface area contributed by atoms with E-state index in [1.807, 2.05) is 165 Å². The van der Waals surface area contributed by atoms with Gasteiger partial charge in [-0.3, -0.25) is 0 Å². The summed E-state index contributed by atoms with van der Waals surface area (Å²) in [5.74, 6) is 0. The molecule has 0 fully saturated rings. The molecule has 0 atom stereocenters. The van der Waals surface area contributed by atoms with Crippen LogP contribution < -0.4 is 0 Å². The second-order valence-electron chi connectivity index (χ2n) is 13.7. The van der Waals surface area contributed by atoms with Crippen LogP contribution >= 0.6 is 79.6 Å². The monoisotopic (exact) mass is 1160 g/mol. The molecule has 0 aliphatic rings. The molecule has 0 radical (unpaired) electrons. The SMILES string of the molecule is CC.CC.CC.CC.CC.CC.Cc1cc2c(C)c(F)oc2s1.Cc1cc2cc(F)oc2s1.Cc1csc2oc(F)c(C)c12.Cc1csc2oc(F)cc12.Cc1sc2oc(F)cc2c1C.Clc1cc2ccsc2o1. The van der Waals surface area contributed by atoms with Gasteiger partial charge in [-0.15, -0.1) is 68.0 Å². The predicted molar refractivity (Wildman–Crippen MR) is 315 cm³/mol. The van der Waals surface area contributed by atoms with E-state index in [9.17, 15) is 22.0 Å². The number of hydrogen-bond acceptors (Lipinski definition) is 12. The van der Waals surface area contributed by atoms with Crippen LogP contribution in [0.1, 0.15) is 126 Å². The van der Waals surface area contributed by atoms with E-state index < -0.39 is 30.1 Å². The molecule has 6 nitrogen and oxygen atoms in total. The van der Waals surface area contributed by atoms with Crippen LogP contribution in [0.4, 0.5) is 22.0 Å². The molecule has 0 N–H and O–H groups in total. The Kier molecular flexibility index (Phi) is 31.1. The fourth-order valence-electron chi connectivity index (χ4n) is 5.96. The van der Waals surface area contributed by atoms with Gasteiger partial charge in [0.15, 0.2) is 34.6 Å². The zero-order valence-electron chi connectivity index (χ0n) is 45.9. The molecule has 18 heteroatoms. The van der Waals surface area contributed by atoms with E-state index in [1.165, 1.54) is 79.8 Å². The van der Waals surface area contributed by atoms with E-state index in [1.54, 1.807) is 25.2 Å². The quantitative estimate of drug-likeness (QED) is 0.141. The van der Waals surface area contributed by atoms with E-state index in [4.69, 9.17) is 38.1 Å². The van der Waals surface area contributed by atoms with Crippen molar-refractivity contribution in [3.8, 4) is 0 Å². The third kappa shape index (κ3) is 18.3. The van der Waals surface area contributed by atoms with Gasteiger partial charge < -0.3 is 26.5 Å². The summed E-state index contributed by atoms with van der Waals surface area (Å²) in [5.41, 5.74) is 4.53. The first-order chi connectivity index (χ1) is 35.4. The third-order valence-corrected chi connectivity index (χ3v) is 15.1. The minimum atomic E-state index is -0.499. The lowest BCUT2D eigenvalue weighted by molar-refractivity contribution is 0.378. The summed E-state index contributed by atoms with van der Waals surface area (Å²) in [6, 6.07) is 9.52. The number of aryl methyl sites for hydroxylation is 8. The lowest BCUT2D eigenvalue weighted by Gasteiger charge is -1.83. The second kappa shape index (κ2) is 34.1. The minimum Gasteiger partial charge on any atom is -0.434 e. The Bertz CT molecular complexity index is 3240. The highest BCUT2D eigenvalue weighted by atomic mass is 35.5. The van der Waals surface area contributed by atoms with Gasteiger partial charge in [0.05, 0.1) is 0 Å². The Morgan fingerprint density at radius 2 is 0.865 bits per heavy atom. The Morgan fingerprint density at radius 3 is 1.42 bits per heavy atom. The Morgan fingerprint density at radius 1 is 0.392 bits per heavy atom. The molecule has 0 unspecified atom stereocenters. The summed E-state index contributed by atoms with van der Waals surface area (Å²) in [6.07, 6.45) is 0. The van der Waals surface area contributed by atoms with Crippen molar-refractivity contribution in [2.75, 3.05) is 0 Å². The standard InChI is InChI=1S/3C8H7FOS.2C7H5FOS.C6H3ClOS.6C2H6/c1-4-5(2)11-8-6(4)3-7(9)10-8;1-4-3-11-8-6(4)5(2)7(9)10-8;1-4-3-6-5(2)7(9)10-8(6)11-4;1-4-3-10-7-5(4)2-6(8)9-7;1-4-2-5-3-6(8)9-7(5)10-4;7-5-3-4-1-2-9-6(4)8-5;6*1-2/h3*3H,1-2H3;2*2-3H,1H3;1-3H;6*1-2H3. The van der Waals surface area contributed by atoms with Crippen molar-refractivity contribution >= 4 is 141 Å². The smallest absolute Gasteiger partial charge is 0.282 e. The van der Waals surface area contributed by atoms with E-state index in [-0.39, 0.29) is 0 Å². The molecule has 0 spiro atoms. The van der Waals surface area contributed by atoms with E-state index in [2.05, 4.69) is 0 Å². The van der Waals surface area contributed by atoms with Crippen molar-refractivity contribution in [1.82, 2.24) is 0 Å². The molecule has 0 aliphatic heterocycles. The molecule has 0 bridgehead atoms. The summed E-state index contributed by atoms with van der Waals surface area (Å²) >= 11 is 14.4. The zero-order valence-corrected chi connectivity index (χ0v) is 51.6. The van der Waals surface area contributed by atoms with Gasteiger partial charge in [-0.2, -0.15) is 22.0 Å². The van der Waals surface area contributed by atoms with Gasteiger partial charge in [-0.25, -0.2) is 0 Å². The maximum atomic E-state index is 12.8. The normalized spacial score (nSPS) is 9.76. The first kappa shape index (κ1) is 67.4. The molecule has 0 saturated heterocycles. The van der Waals surface area contributed by atoms with Crippen molar-refractivity contribution in [2.24, 2.45) is 0 Å². The van der Waals surface area contributed by atoms with Crippen molar-refractivity contribution in [3.63, 3.8) is 0 Å². The maximum absolute atomic E-state index is 12.8. The summed E-state index contributed by atoms with van der Waals surface area (Å²) in [7, 11) is 0. The van der Waals surface area contributed by atoms with Crippen molar-refractivity contribution in [2.45, 2.75) is 138 Å². The van der Waals surface area contributed by atoms with E-state index >= 15 is 0 Å². The topological polar surface area (TPSA) is 78.8 Å². The van der Waals surface area contributed by atoms with Crippen LogP contribution in [0.2, 0.25) is 5.22 Å². The number of thiophene rings is 6. The number of fused-ring (bicyclic) bond motifs is 6. The van der Waals surface area contributed by atoms with Gasteiger partial charge in [0.25, 0.3) is 30.1 Å². The van der Waals surface area contributed by atoms with Gasteiger partial charge in [-0.05, 0) is 118 Å². The Balaban J connectivity index is 0.000000426. The minimum absolute atomic E-state index is 0.449. The van der Waals surface area contributed by atoms with Gasteiger partial charge in [0.1, 0.15) is 0 Å². The summed E-state index contributed by atoms with van der Waals surface area (Å²) in [6.45, 7) is 39.3. The molecule has 0 saturated carbocycles. The maximum Gasteiger partial charge on any atom is 0.282 e. The van der Waals surface area contributed by atoms with Crippen molar-refractivity contribution in [3.05, 3.63) is 136 Å². The Hall–Kier alpha value is -4.62. The highest BCUT2D eigenvalue weighted by Gasteiger charge is 2.14. The molecule has 12 heterocycles. The molecule has 408 valence electrons. The fourth-order valence-corrected chi connectivity index (χ4v) is 11.5. The van der Waals surface area contributed by atoms with E-state index in [0.29, 0.717) is 40.8 Å². The lowest BCUT2D eigenvalue weighted by Crippen LogP contribution is -1.72. The first-order valence-corrected chi connectivity index (χ1v) is 29.8. The summed E-state index contributed by atoms with van der Waals surface area (Å²) in [5, 5.41) is 12.0. The summed E-state index contributed by atoms with van der Waals surface area (Å²) in [4.78, 5) is 7.83. The molecule has 74 heavy (non-hydrogen) atoms. The van der Waals surface area contributed by atoms with Crippen LogP contribution in [-0.2, 0) is 0 Å². The molecular weight excluding hydrogens is 1090 g/mol. The van der Waals surface area contributed by atoms with Crippen LogP contribution in [0.25, 0.3) is 61.7 Å². The molecule has 12 rings (SSSR count). The Labute approximate surface area is 461 Å². The van der Waals surface area contributed by atoms with Gasteiger partial charge in [0.2, 0.25) is 0 Å². The predicted octanol–water partition coefficient (Wildman–Crippen LogP) is 24.9. The van der Waals surface area contributed by atoms with Crippen LogP contribution in [0.3, 0.4) is 0 Å². The molecule has 0 amide bonds. The van der Waals surface area contributed by atoms with Gasteiger partial charge in [-0.1, -0.05) is 83.1 Å². The number of rotatable bonds is 0. The highest BCUT2D eigenvalue weighted by Crippen LogP contribution is 2.34. The average Bonchev–Trinajstić information content (AvgIpc) is 4.28. The molecule has 12 aromatic rings. The van der Waals surface area contributed by atoms with Crippen molar-refractivity contribution < 1.29 is 48.5 Å². The van der Waals surface area contributed by atoms with Crippen LogP contribution in [-0.4, -0.2) is 0 Å². The molecule has 0 aliphatic carbocycles. The average molecular weight is 1160 g/mol. The van der Waals surface area contributed by atoms with Crippen molar-refractivity contribution in [1.29, 1.82) is 0 Å². The highest BCUT2D eigenvalue weighted by molar-refractivity contribution is 7.19. The summed E-state index contributed by atoms with van der Waals surface area (Å²) < 4.78 is 91.9. The van der Waals surface area contributed by atoms with Crippen LogP contribution in [0, 0.1) is 85.5 Å². The second-order valence-corrected chi connectivity index (χ2v) is 20.3. The third-order valence-electron chi connectivity index (χ3n) is 9.20. The molecular formula is C56H70ClF5O6S6. The number of halogens is 6. The van der Waals surface area contributed by atoms with Crippen LogP contribution in [0.15, 0.2) is 85.1 Å². The largest absolute Gasteiger partial charge is 0.434 e. The first-order valence-electron chi connectivity index (χ1n) is 24.3. The lowest BCUT2D eigenvalue weighted by atomic mass is 10.2. The molecule has 12 aromatic heterocycles. The van der Waals surface area contributed by atoms with Crippen LogP contribution in [0.5, 0.6) is 0 Å². The molecule has 0 aromatic carbocycles. The fraction of sp³-hybridized carbons (Fsp3) is 0.357. The zero-order chi connectivity index (χ0) is 56.6. The van der Waals surface area contributed by atoms with E-state index in [0.717, 1.165) is 63.7 Å². The van der Waals surface area contributed by atoms with Gasteiger partial charge >= 0.3 is 0 Å². The number of hydrogen-bond donors (Lipinski definition) is 0. The van der Waals surface area contributed by atoms with Gasteiger partial charge in [0, 0.05) is 82.3 Å².